The lowest BCUT2D eigenvalue weighted by Gasteiger charge is -2.34. The number of rotatable bonds is 8. The smallest absolute Gasteiger partial charge is 0.0908 e. The average molecular weight is 291 g/mol. The number of aliphatic hydroxyl groups excluding tert-OH is 1. The summed E-state index contributed by atoms with van der Waals surface area (Å²) in [6.07, 6.45) is 3.45. The summed E-state index contributed by atoms with van der Waals surface area (Å²) in [5, 5.41) is 13.6. The van der Waals surface area contributed by atoms with Gasteiger partial charge in [-0.25, -0.2) is 0 Å². The Morgan fingerprint density at radius 3 is 2.67 bits per heavy atom. The molecule has 1 heterocycles. The number of ether oxygens (including phenoxy) is 2. The van der Waals surface area contributed by atoms with Crippen molar-refractivity contribution in [3.05, 3.63) is 35.9 Å². The zero-order chi connectivity index (χ0) is 14.5. The van der Waals surface area contributed by atoms with Gasteiger partial charge in [-0.15, -0.1) is 0 Å². The Balaban J connectivity index is 1.65. The van der Waals surface area contributed by atoms with Crippen LogP contribution in [0.1, 0.15) is 24.8 Å². The SMILES string of the molecule is OCC(COCC1CCOC1)(NC1CC1)c1ccccc1. The molecule has 1 aromatic carbocycles. The highest BCUT2D eigenvalue weighted by Gasteiger charge is 2.37. The fourth-order valence-electron chi connectivity index (χ4n) is 2.88. The van der Waals surface area contributed by atoms with Gasteiger partial charge in [0.2, 0.25) is 0 Å². The highest BCUT2D eigenvalue weighted by atomic mass is 16.5. The molecule has 2 fully saturated rings. The van der Waals surface area contributed by atoms with Crippen LogP contribution in [0.5, 0.6) is 0 Å². The van der Waals surface area contributed by atoms with Crippen molar-refractivity contribution in [1.29, 1.82) is 0 Å². The predicted molar refractivity (Wildman–Crippen MR) is 81.1 cm³/mol. The molecule has 2 N–H and O–H groups in total. The number of hydrogen-bond acceptors (Lipinski definition) is 4. The van der Waals surface area contributed by atoms with Gasteiger partial charge in [-0.1, -0.05) is 30.3 Å². The molecule has 2 aliphatic rings. The van der Waals surface area contributed by atoms with Gasteiger partial charge < -0.3 is 19.9 Å². The zero-order valence-electron chi connectivity index (χ0n) is 12.5. The lowest BCUT2D eigenvalue weighted by molar-refractivity contribution is 0.0153. The molecule has 2 unspecified atom stereocenters. The quantitative estimate of drug-likeness (QED) is 0.765. The molecule has 0 bridgehead atoms. The van der Waals surface area contributed by atoms with Crippen LogP contribution in [-0.4, -0.2) is 44.2 Å². The van der Waals surface area contributed by atoms with Crippen molar-refractivity contribution < 1.29 is 14.6 Å². The molecular weight excluding hydrogens is 266 g/mol. The molecule has 4 heteroatoms. The van der Waals surface area contributed by atoms with Crippen molar-refractivity contribution in [3.63, 3.8) is 0 Å². The summed E-state index contributed by atoms with van der Waals surface area (Å²) >= 11 is 0. The van der Waals surface area contributed by atoms with Crippen molar-refractivity contribution in [1.82, 2.24) is 5.32 Å². The van der Waals surface area contributed by atoms with Crippen molar-refractivity contribution in [2.45, 2.75) is 30.8 Å². The largest absolute Gasteiger partial charge is 0.394 e. The van der Waals surface area contributed by atoms with E-state index in [-0.39, 0.29) is 6.61 Å². The molecule has 1 saturated carbocycles. The van der Waals surface area contributed by atoms with Crippen LogP contribution in [0.3, 0.4) is 0 Å². The van der Waals surface area contributed by atoms with Crippen LogP contribution in [0.25, 0.3) is 0 Å². The first-order chi connectivity index (χ1) is 10.3. The van der Waals surface area contributed by atoms with Gasteiger partial charge in [0.15, 0.2) is 0 Å². The van der Waals surface area contributed by atoms with E-state index < -0.39 is 5.54 Å². The van der Waals surface area contributed by atoms with Gasteiger partial charge in [0.1, 0.15) is 0 Å². The third-order valence-corrected chi connectivity index (χ3v) is 4.38. The Bertz CT molecular complexity index is 429. The molecule has 3 rings (SSSR count). The molecule has 0 amide bonds. The fraction of sp³-hybridized carbons (Fsp3) is 0.647. The second kappa shape index (κ2) is 6.88. The Labute approximate surface area is 126 Å². The topological polar surface area (TPSA) is 50.7 Å². The summed E-state index contributed by atoms with van der Waals surface area (Å²) in [4.78, 5) is 0. The Morgan fingerprint density at radius 1 is 1.24 bits per heavy atom. The minimum Gasteiger partial charge on any atom is -0.394 e. The monoisotopic (exact) mass is 291 g/mol. The zero-order valence-corrected chi connectivity index (χ0v) is 12.5. The number of nitrogens with one attached hydrogen (secondary N) is 1. The summed E-state index contributed by atoms with van der Waals surface area (Å²) in [5.41, 5.74) is 0.615. The summed E-state index contributed by atoms with van der Waals surface area (Å²) in [6.45, 7) is 2.90. The van der Waals surface area contributed by atoms with E-state index in [9.17, 15) is 5.11 Å². The van der Waals surface area contributed by atoms with Gasteiger partial charge in [0.25, 0.3) is 0 Å². The third kappa shape index (κ3) is 3.83. The van der Waals surface area contributed by atoms with Gasteiger partial charge in [0.05, 0.1) is 32.0 Å². The number of hydrogen-bond donors (Lipinski definition) is 2. The van der Waals surface area contributed by atoms with Crippen molar-refractivity contribution >= 4 is 0 Å². The maximum absolute atomic E-state index is 10.0. The van der Waals surface area contributed by atoms with E-state index >= 15 is 0 Å². The molecule has 116 valence electrons. The van der Waals surface area contributed by atoms with Crippen molar-refractivity contribution in [3.8, 4) is 0 Å². The first-order valence-corrected chi connectivity index (χ1v) is 7.92. The third-order valence-electron chi connectivity index (χ3n) is 4.38. The maximum atomic E-state index is 10.0. The number of benzene rings is 1. The van der Waals surface area contributed by atoms with E-state index in [2.05, 4.69) is 17.4 Å². The molecule has 21 heavy (non-hydrogen) atoms. The molecule has 0 radical (unpaired) electrons. The van der Waals surface area contributed by atoms with Gasteiger partial charge in [0, 0.05) is 18.6 Å². The van der Waals surface area contributed by atoms with Crippen LogP contribution in [0.4, 0.5) is 0 Å². The minimum atomic E-state index is -0.484. The highest BCUT2D eigenvalue weighted by molar-refractivity contribution is 5.25. The second-order valence-corrected chi connectivity index (χ2v) is 6.27. The average Bonchev–Trinajstić information content (AvgIpc) is 3.19. The molecule has 1 aliphatic carbocycles. The predicted octanol–water partition coefficient (Wildman–Crippen LogP) is 1.68. The Morgan fingerprint density at radius 2 is 2.05 bits per heavy atom. The van der Waals surface area contributed by atoms with Crippen LogP contribution in [0.15, 0.2) is 30.3 Å². The van der Waals surface area contributed by atoms with Crippen LogP contribution >= 0.6 is 0 Å². The summed E-state index contributed by atoms with van der Waals surface area (Å²) in [5.74, 6) is 0.498. The first-order valence-electron chi connectivity index (χ1n) is 7.92. The van der Waals surface area contributed by atoms with Gasteiger partial charge in [-0.05, 0) is 24.8 Å². The molecule has 0 aromatic heterocycles. The van der Waals surface area contributed by atoms with E-state index in [1.165, 1.54) is 12.8 Å². The first kappa shape index (κ1) is 15.0. The van der Waals surface area contributed by atoms with E-state index in [4.69, 9.17) is 9.47 Å². The lowest BCUT2D eigenvalue weighted by Crippen LogP contribution is -2.50. The molecule has 4 nitrogen and oxygen atoms in total. The summed E-state index contributed by atoms with van der Waals surface area (Å²) in [7, 11) is 0. The van der Waals surface area contributed by atoms with E-state index in [1.807, 2.05) is 18.2 Å². The summed E-state index contributed by atoms with van der Waals surface area (Å²) < 4.78 is 11.3. The fourth-order valence-corrected chi connectivity index (χ4v) is 2.88. The van der Waals surface area contributed by atoms with Gasteiger partial charge >= 0.3 is 0 Å². The Kier molecular flexibility index (Phi) is 4.91. The van der Waals surface area contributed by atoms with Gasteiger partial charge in [-0.2, -0.15) is 0 Å². The van der Waals surface area contributed by atoms with Crippen LogP contribution in [0, 0.1) is 5.92 Å². The van der Waals surface area contributed by atoms with Gasteiger partial charge in [-0.3, -0.25) is 0 Å². The van der Waals surface area contributed by atoms with E-state index in [0.717, 1.165) is 25.2 Å². The number of aliphatic hydroxyl groups is 1. The molecule has 1 saturated heterocycles. The minimum absolute atomic E-state index is 0.0503. The van der Waals surface area contributed by atoms with E-state index in [1.54, 1.807) is 0 Å². The normalized spacial score (nSPS) is 24.9. The molecule has 1 aromatic rings. The van der Waals surface area contributed by atoms with Crippen LogP contribution in [-0.2, 0) is 15.0 Å². The lowest BCUT2D eigenvalue weighted by atomic mass is 9.91. The van der Waals surface area contributed by atoms with Crippen LogP contribution in [0.2, 0.25) is 0 Å². The molecule has 1 aliphatic heterocycles. The van der Waals surface area contributed by atoms with E-state index in [0.29, 0.717) is 25.2 Å². The summed E-state index contributed by atoms with van der Waals surface area (Å²) in [6, 6.07) is 10.7. The second-order valence-electron chi connectivity index (χ2n) is 6.27. The van der Waals surface area contributed by atoms with Crippen LogP contribution < -0.4 is 5.32 Å². The molecule has 0 spiro atoms. The standard InChI is InChI=1S/C17H25NO3/c19-12-17(18-16-6-7-16,15-4-2-1-3-5-15)13-21-11-14-8-9-20-10-14/h1-5,14,16,18-19H,6-13H2. The highest BCUT2D eigenvalue weighted by Crippen LogP contribution is 2.29. The molecule has 2 atom stereocenters. The van der Waals surface area contributed by atoms with Crippen molar-refractivity contribution in [2.75, 3.05) is 33.0 Å². The Hall–Kier alpha value is -0.940. The molecular formula is C17H25NO3. The maximum Gasteiger partial charge on any atom is 0.0908 e. The van der Waals surface area contributed by atoms with Crippen molar-refractivity contribution in [2.24, 2.45) is 5.92 Å².